The van der Waals surface area contributed by atoms with E-state index in [9.17, 15) is 9.59 Å². The van der Waals surface area contributed by atoms with Crippen LogP contribution < -0.4 is 0 Å². The average molecular weight is 197 g/mol. The molecule has 0 N–H and O–H groups in total. The van der Waals surface area contributed by atoms with Crippen LogP contribution >= 0.6 is 0 Å². The summed E-state index contributed by atoms with van der Waals surface area (Å²) in [6.07, 6.45) is 3.33. The van der Waals surface area contributed by atoms with Gasteiger partial charge in [0.15, 0.2) is 0 Å². The quantitative estimate of drug-likeness (QED) is 0.645. The first-order valence-corrected chi connectivity index (χ1v) is 5.52. The molecule has 0 spiro atoms. The summed E-state index contributed by atoms with van der Waals surface area (Å²) in [5.74, 6) is -0.142. The van der Waals surface area contributed by atoms with E-state index in [1.807, 2.05) is 13.8 Å². The van der Waals surface area contributed by atoms with Gasteiger partial charge in [0.05, 0.1) is 5.92 Å². The minimum absolute atomic E-state index is 0.0414. The van der Waals surface area contributed by atoms with Crippen molar-refractivity contribution in [1.29, 1.82) is 0 Å². The zero-order chi connectivity index (χ0) is 10.6. The summed E-state index contributed by atoms with van der Waals surface area (Å²) in [6.45, 7) is 5.32. The van der Waals surface area contributed by atoms with E-state index in [1.165, 1.54) is 0 Å². The molecule has 80 valence electrons. The summed E-state index contributed by atoms with van der Waals surface area (Å²) in [7, 11) is 0. The number of nitrogens with zero attached hydrogens (tertiary/aromatic N) is 1. The Hall–Kier alpha value is -0.860. The van der Waals surface area contributed by atoms with E-state index < -0.39 is 0 Å². The summed E-state index contributed by atoms with van der Waals surface area (Å²) < 4.78 is 0. The molecule has 1 unspecified atom stereocenters. The van der Waals surface area contributed by atoms with Gasteiger partial charge in [-0.25, -0.2) is 0 Å². The minimum atomic E-state index is -0.330. The summed E-state index contributed by atoms with van der Waals surface area (Å²) in [5, 5.41) is 0. The lowest BCUT2D eigenvalue weighted by molar-refractivity contribution is -0.142. The van der Waals surface area contributed by atoms with Crippen LogP contribution in [0.3, 0.4) is 0 Å². The Balaban J connectivity index is 2.61. The largest absolute Gasteiger partial charge is 0.343 e. The van der Waals surface area contributed by atoms with Gasteiger partial charge >= 0.3 is 0 Å². The molecule has 14 heavy (non-hydrogen) atoms. The molecule has 1 aliphatic rings. The molecule has 0 aromatic rings. The fraction of sp³-hybridized carbons (Fsp3) is 0.818. The molecule has 1 rings (SSSR count). The van der Waals surface area contributed by atoms with E-state index in [0.717, 1.165) is 19.3 Å². The Morgan fingerprint density at radius 2 is 2.00 bits per heavy atom. The van der Waals surface area contributed by atoms with Gasteiger partial charge in [0.1, 0.15) is 5.78 Å². The molecule has 1 saturated carbocycles. The van der Waals surface area contributed by atoms with E-state index in [-0.39, 0.29) is 17.6 Å². The molecule has 1 fully saturated rings. The van der Waals surface area contributed by atoms with E-state index in [2.05, 4.69) is 0 Å². The van der Waals surface area contributed by atoms with Gasteiger partial charge in [-0.1, -0.05) is 6.42 Å². The fourth-order valence-corrected chi connectivity index (χ4v) is 2.00. The summed E-state index contributed by atoms with van der Waals surface area (Å²) in [5.41, 5.74) is 0. The van der Waals surface area contributed by atoms with Crippen molar-refractivity contribution < 1.29 is 9.59 Å². The maximum Gasteiger partial charge on any atom is 0.233 e. The molecule has 0 bridgehead atoms. The predicted molar refractivity (Wildman–Crippen MR) is 54.9 cm³/mol. The molecule has 0 aliphatic heterocycles. The van der Waals surface area contributed by atoms with Crippen LogP contribution in [0.4, 0.5) is 0 Å². The van der Waals surface area contributed by atoms with Crippen LogP contribution in [0.25, 0.3) is 0 Å². The van der Waals surface area contributed by atoms with Gasteiger partial charge in [-0.05, 0) is 26.7 Å². The first kappa shape index (κ1) is 11.2. The molecule has 1 aliphatic carbocycles. The van der Waals surface area contributed by atoms with Gasteiger partial charge < -0.3 is 4.90 Å². The Morgan fingerprint density at radius 1 is 1.36 bits per heavy atom. The van der Waals surface area contributed by atoms with Crippen molar-refractivity contribution in [1.82, 2.24) is 4.90 Å². The first-order valence-electron chi connectivity index (χ1n) is 5.52. The Labute approximate surface area is 85.5 Å². The number of amides is 1. The second kappa shape index (κ2) is 5.13. The maximum absolute atomic E-state index is 11.9. The smallest absolute Gasteiger partial charge is 0.233 e. The lowest BCUT2D eigenvalue weighted by Crippen LogP contribution is -2.40. The highest BCUT2D eigenvalue weighted by atomic mass is 16.2. The molecule has 3 nitrogen and oxygen atoms in total. The van der Waals surface area contributed by atoms with Gasteiger partial charge in [0.25, 0.3) is 0 Å². The van der Waals surface area contributed by atoms with Gasteiger partial charge in [-0.15, -0.1) is 0 Å². The Bertz CT molecular complexity index is 221. The highest BCUT2D eigenvalue weighted by molar-refractivity contribution is 6.01. The second-order valence-electron chi connectivity index (χ2n) is 3.78. The molecule has 0 radical (unpaired) electrons. The molecule has 1 atom stereocenters. The van der Waals surface area contributed by atoms with Crippen molar-refractivity contribution in [2.24, 2.45) is 5.92 Å². The Morgan fingerprint density at radius 3 is 2.50 bits per heavy atom. The zero-order valence-electron chi connectivity index (χ0n) is 9.08. The van der Waals surface area contributed by atoms with Gasteiger partial charge in [-0.2, -0.15) is 0 Å². The van der Waals surface area contributed by atoms with E-state index >= 15 is 0 Å². The van der Waals surface area contributed by atoms with E-state index in [1.54, 1.807) is 4.90 Å². The number of hydrogen-bond acceptors (Lipinski definition) is 2. The van der Waals surface area contributed by atoms with Crippen LogP contribution in [0.1, 0.15) is 39.5 Å². The van der Waals surface area contributed by atoms with Gasteiger partial charge in [0, 0.05) is 19.5 Å². The van der Waals surface area contributed by atoms with Crippen LogP contribution in [0.5, 0.6) is 0 Å². The molecular formula is C11H19NO2. The third-order valence-electron chi connectivity index (χ3n) is 2.93. The topological polar surface area (TPSA) is 37.4 Å². The third-order valence-corrected chi connectivity index (χ3v) is 2.93. The highest BCUT2D eigenvalue weighted by Crippen LogP contribution is 2.22. The van der Waals surface area contributed by atoms with Gasteiger partial charge in [0.2, 0.25) is 5.91 Å². The number of hydrogen-bond donors (Lipinski definition) is 0. The molecular weight excluding hydrogens is 178 g/mol. The monoisotopic (exact) mass is 197 g/mol. The summed E-state index contributed by atoms with van der Waals surface area (Å²) in [4.78, 5) is 25.2. The number of carbonyl (C=O) groups excluding carboxylic acids is 2. The average Bonchev–Trinajstić information content (AvgIpc) is 2.20. The van der Waals surface area contributed by atoms with Crippen LogP contribution in [0.15, 0.2) is 0 Å². The maximum atomic E-state index is 11.9. The highest BCUT2D eigenvalue weighted by Gasteiger charge is 2.30. The van der Waals surface area contributed by atoms with Crippen molar-refractivity contribution in [3.8, 4) is 0 Å². The third kappa shape index (κ3) is 2.34. The lowest BCUT2D eigenvalue weighted by Gasteiger charge is -2.26. The minimum Gasteiger partial charge on any atom is -0.343 e. The van der Waals surface area contributed by atoms with Crippen molar-refractivity contribution in [2.75, 3.05) is 13.1 Å². The molecule has 1 amide bonds. The number of carbonyl (C=O) groups is 2. The van der Waals surface area contributed by atoms with Crippen LogP contribution in [-0.4, -0.2) is 29.7 Å². The fourth-order valence-electron chi connectivity index (χ4n) is 2.00. The zero-order valence-corrected chi connectivity index (χ0v) is 9.08. The Kier molecular flexibility index (Phi) is 4.11. The first-order chi connectivity index (χ1) is 6.70. The van der Waals surface area contributed by atoms with Gasteiger partial charge in [-0.3, -0.25) is 9.59 Å². The second-order valence-corrected chi connectivity index (χ2v) is 3.78. The molecule has 0 aromatic carbocycles. The summed E-state index contributed by atoms with van der Waals surface area (Å²) in [6, 6.07) is 0. The molecule has 3 heteroatoms. The predicted octanol–water partition coefficient (Wildman–Crippen LogP) is 1.61. The molecule has 0 heterocycles. The lowest BCUT2D eigenvalue weighted by atomic mass is 9.87. The van der Waals surface area contributed by atoms with E-state index in [0.29, 0.717) is 19.5 Å². The van der Waals surface area contributed by atoms with Crippen molar-refractivity contribution in [3.05, 3.63) is 0 Å². The summed E-state index contributed by atoms with van der Waals surface area (Å²) >= 11 is 0. The normalized spacial score (nSPS) is 22.1. The van der Waals surface area contributed by atoms with Crippen molar-refractivity contribution in [2.45, 2.75) is 39.5 Å². The standard InChI is InChI=1S/C11H19NO2/c1-3-12(4-2)11(14)9-7-5-6-8-10(9)13/h9H,3-8H2,1-2H3. The number of rotatable bonds is 3. The van der Waals surface area contributed by atoms with Crippen LogP contribution in [0.2, 0.25) is 0 Å². The SMILES string of the molecule is CCN(CC)C(=O)C1CCCCC1=O. The van der Waals surface area contributed by atoms with Crippen molar-refractivity contribution in [3.63, 3.8) is 0 Å². The number of Topliss-reactive ketones (excluding diaryl/α,β-unsaturated/α-hetero) is 1. The van der Waals surface area contributed by atoms with Crippen molar-refractivity contribution >= 4 is 11.7 Å². The molecule has 0 aromatic heterocycles. The molecule has 0 saturated heterocycles. The number of ketones is 1. The van der Waals surface area contributed by atoms with Crippen LogP contribution in [-0.2, 0) is 9.59 Å². The van der Waals surface area contributed by atoms with Crippen LogP contribution in [0, 0.1) is 5.92 Å². The van der Waals surface area contributed by atoms with E-state index in [4.69, 9.17) is 0 Å².